The third kappa shape index (κ3) is 1.09. The van der Waals surface area contributed by atoms with Crippen LogP contribution in [0.2, 0.25) is 0 Å². The molecular formula is C6H7NOS2. The summed E-state index contributed by atoms with van der Waals surface area (Å²) < 4.78 is 0.623. The number of rotatable bonds is 1. The largest absolute Gasteiger partial charge is 0.324 e. The van der Waals surface area contributed by atoms with Crippen molar-refractivity contribution in [3.63, 3.8) is 0 Å². The number of likely N-dealkylation sites (N-methyl/N-ethyl adjacent to an activating group) is 1. The fraction of sp³-hybridized carbons (Fsp3) is 0.333. The van der Waals surface area contributed by atoms with Crippen LogP contribution in [0.3, 0.4) is 0 Å². The molecule has 1 fully saturated rings. The average molecular weight is 173 g/mol. The maximum absolute atomic E-state index is 10.9. The van der Waals surface area contributed by atoms with Gasteiger partial charge in [-0.2, -0.15) is 0 Å². The molecule has 1 aliphatic rings. The van der Waals surface area contributed by atoms with E-state index in [-0.39, 0.29) is 5.12 Å². The Morgan fingerprint density at radius 2 is 2.40 bits per heavy atom. The summed E-state index contributed by atoms with van der Waals surface area (Å²) in [5, 5.41) is -0.0214. The first-order chi connectivity index (χ1) is 4.66. The summed E-state index contributed by atoms with van der Waals surface area (Å²) in [7, 11) is 0. The molecule has 54 valence electrons. The molecule has 0 atom stereocenters. The van der Waals surface area contributed by atoms with Crippen LogP contribution in [0.4, 0.5) is 0 Å². The lowest BCUT2D eigenvalue weighted by Gasteiger charge is -2.12. The molecule has 0 saturated carbocycles. The summed E-state index contributed by atoms with van der Waals surface area (Å²) in [5.41, 5.74) is 0.512. The van der Waals surface area contributed by atoms with Gasteiger partial charge >= 0.3 is 0 Å². The Hall–Kier alpha value is -0.350. The lowest BCUT2D eigenvalue weighted by Crippen LogP contribution is -2.20. The highest BCUT2D eigenvalue weighted by atomic mass is 32.2. The molecule has 1 aliphatic heterocycles. The van der Waals surface area contributed by atoms with Crippen molar-refractivity contribution >= 4 is 33.4 Å². The summed E-state index contributed by atoms with van der Waals surface area (Å²) in [5.74, 6) is 0. The molecule has 0 aromatic rings. The number of carbonyl (C=O) groups is 1. The van der Waals surface area contributed by atoms with E-state index in [4.69, 9.17) is 12.2 Å². The van der Waals surface area contributed by atoms with Gasteiger partial charge in [0.25, 0.3) is 0 Å². The van der Waals surface area contributed by atoms with Crippen molar-refractivity contribution in [1.29, 1.82) is 0 Å². The van der Waals surface area contributed by atoms with E-state index in [0.29, 0.717) is 10.0 Å². The summed E-state index contributed by atoms with van der Waals surface area (Å²) >= 11 is 5.98. The van der Waals surface area contributed by atoms with Gasteiger partial charge in [0.2, 0.25) is 5.12 Å². The summed E-state index contributed by atoms with van der Waals surface area (Å²) in [6.45, 7) is 6.28. The molecule has 2 nitrogen and oxygen atoms in total. The highest BCUT2D eigenvalue weighted by Crippen LogP contribution is 2.26. The first-order valence-corrected chi connectivity index (χ1v) is 4.12. The average Bonchev–Trinajstić information content (AvgIpc) is 2.09. The molecule has 1 heterocycles. The quantitative estimate of drug-likeness (QED) is 0.441. The Kier molecular flexibility index (Phi) is 2.11. The van der Waals surface area contributed by atoms with Gasteiger partial charge in [-0.25, -0.2) is 0 Å². The van der Waals surface area contributed by atoms with Crippen LogP contribution in [0.5, 0.6) is 0 Å². The van der Waals surface area contributed by atoms with E-state index in [1.807, 2.05) is 6.92 Å². The van der Waals surface area contributed by atoms with E-state index in [1.54, 1.807) is 4.90 Å². The molecule has 1 rings (SSSR count). The summed E-state index contributed by atoms with van der Waals surface area (Å²) in [4.78, 5) is 12.6. The molecule has 0 radical (unpaired) electrons. The van der Waals surface area contributed by atoms with Crippen LogP contribution in [0.15, 0.2) is 12.3 Å². The lowest BCUT2D eigenvalue weighted by molar-refractivity contribution is -0.108. The van der Waals surface area contributed by atoms with Crippen LogP contribution in [0, 0.1) is 0 Å². The van der Waals surface area contributed by atoms with Crippen molar-refractivity contribution in [1.82, 2.24) is 4.90 Å². The Morgan fingerprint density at radius 3 is 2.60 bits per heavy atom. The Bertz CT molecular complexity index is 212. The predicted octanol–water partition coefficient (Wildman–Crippen LogP) is 1.38. The molecule has 4 heteroatoms. The zero-order valence-electron chi connectivity index (χ0n) is 5.59. The third-order valence-electron chi connectivity index (χ3n) is 1.28. The number of nitrogens with zero attached hydrogens (tertiary/aromatic N) is 1. The highest BCUT2D eigenvalue weighted by Gasteiger charge is 2.28. The molecule has 0 spiro atoms. The second-order valence-electron chi connectivity index (χ2n) is 1.85. The molecule has 1 saturated heterocycles. The molecular weight excluding hydrogens is 166 g/mol. The van der Waals surface area contributed by atoms with Crippen LogP contribution in [-0.4, -0.2) is 20.9 Å². The van der Waals surface area contributed by atoms with Gasteiger partial charge in [-0.1, -0.05) is 18.8 Å². The number of hydrogen-bond donors (Lipinski definition) is 0. The van der Waals surface area contributed by atoms with Crippen molar-refractivity contribution < 1.29 is 4.79 Å². The van der Waals surface area contributed by atoms with Crippen LogP contribution in [0.25, 0.3) is 0 Å². The minimum Gasteiger partial charge on any atom is -0.324 e. The van der Waals surface area contributed by atoms with Gasteiger partial charge < -0.3 is 4.90 Å². The maximum atomic E-state index is 10.9. The minimum atomic E-state index is -0.0214. The number of thioether (sulfide) groups is 1. The van der Waals surface area contributed by atoms with Gasteiger partial charge in [-0.15, -0.1) is 0 Å². The monoisotopic (exact) mass is 173 g/mol. The van der Waals surface area contributed by atoms with E-state index in [0.717, 1.165) is 18.3 Å². The first-order valence-electron chi connectivity index (χ1n) is 2.89. The maximum Gasteiger partial charge on any atom is 0.242 e. The van der Waals surface area contributed by atoms with Gasteiger partial charge in [-0.3, -0.25) is 4.79 Å². The Labute approximate surface area is 69.3 Å². The summed E-state index contributed by atoms with van der Waals surface area (Å²) in [6, 6.07) is 0. The molecule has 0 aliphatic carbocycles. The molecule has 0 aromatic carbocycles. The second kappa shape index (κ2) is 2.72. The predicted molar refractivity (Wildman–Crippen MR) is 46.7 cm³/mol. The SMILES string of the molecule is C=C1C(=O)SC(=S)N1CC. The zero-order chi connectivity index (χ0) is 7.72. The van der Waals surface area contributed by atoms with Crippen LogP contribution < -0.4 is 0 Å². The lowest BCUT2D eigenvalue weighted by atomic mass is 10.5. The molecule has 0 amide bonds. The summed E-state index contributed by atoms with van der Waals surface area (Å²) in [6.07, 6.45) is 0. The number of thiocarbonyl (C=S) groups is 1. The minimum absolute atomic E-state index is 0.0214. The van der Waals surface area contributed by atoms with Crippen molar-refractivity contribution in [2.45, 2.75) is 6.92 Å². The van der Waals surface area contributed by atoms with Crippen molar-refractivity contribution in [3.05, 3.63) is 12.3 Å². The highest BCUT2D eigenvalue weighted by molar-refractivity contribution is 8.33. The third-order valence-corrected chi connectivity index (χ3v) is 2.56. The molecule has 0 bridgehead atoms. The standard InChI is InChI=1S/C6H7NOS2/c1-3-7-4(2)5(8)10-6(7)9/h2-3H2,1H3. The van der Waals surface area contributed by atoms with Crippen LogP contribution in [-0.2, 0) is 4.79 Å². The van der Waals surface area contributed by atoms with Crippen LogP contribution in [0.1, 0.15) is 6.92 Å². The fourth-order valence-corrected chi connectivity index (χ4v) is 1.94. The zero-order valence-corrected chi connectivity index (χ0v) is 7.22. The van der Waals surface area contributed by atoms with Gasteiger partial charge in [0.15, 0.2) is 0 Å². The smallest absolute Gasteiger partial charge is 0.242 e. The van der Waals surface area contributed by atoms with Gasteiger partial charge in [-0.05, 0) is 18.7 Å². The van der Waals surface area contributed by atoms with Gasteiger partial charge in [0, 0.05) is 6.54 Å². The first kappa shape index (κ1) is 7.75. The van der Waals surface area contributed by atoms with Gasteiger partial charge in [0.05, 0.1) is 5.70 Å². The van der Waals surface area contributed by atoms with Gasteiger partial charge in [0.1, 0.15) is 4.32 Å². The normalized spacial score (nSPS) is 18.9. The van der Waals surface area contributed by atoms with Crippen molar-refractivity contribution in [2.24, 2.45) is 0 Å². The number of hydrogen-bond acceptors (Lipinski definition) is 3. The fourth-order valence-electron chi connectivity index (χ4n) is 0.734. The van der Waals surface area contributed by atoms with E-state index in [2.05, 4.69) is 6.58 Å². The van der Waals surface area contributed by atoms with E-state index in [1.165, 1.54) is 0 Å². The van der Waals surface area contributed by atoms with E-state index >= 15 is 0 Å². The van der Waals surface area contributed by atoms with E-state index < -0.39 is 0 Å². The van der Waals surface area contributed by atoms with Crippen molar-refractivity contribution in [3.8, 4) is 0 Å². The Balaban J connectivity index is 2.84. The van der Waals surface area contributed by atoms with E-state index in [9.17, 15) is 4.79 Å². The molecule has 10 heavy (non-hydrogen) atoms. The Morgan fingerprint density at radius 1 is 1.80 bits per heavy atom. The molecule has 0 unspecified atom stereocenters. The number of carbonyl (C=O) groups excluding carboxylic acids is 1. The molecule has 0 aromatic heterocycles. The van der Waals surface area contributed by atoms with Crippen LogP contribution >= 0.6 is 24.0 Å². The van der Waals surface area contributed by atoms with Crippen molar-refractivity contribution in [2.75, 3.05) is 6.54 Å². The second-order valence-corrected chi connectivity index (χ2v) is 3.45. The molecule has 0 N–H and O–H groups in total. The topological polar surface area (TPSA) is 20.3 Å².